The van der Waals surface area contributed by atoms with Crippen LogP contribution in [-0.2, 0) is 16.4 Å². The van der Waals surface area contributed by atoms with Gasteiger partial charge in [-0.3, -0.25) is 0 Å². The van der Waals surface area contributed by atoms with Crippen molar-refractivity contribution in [2.24, 2.45) is 0 Å². The molecule has 1 N–H and O–H groups in total. The third kappa shape index (κ3) is 3.16. The first-order valence-electron chi connectivity index (χ1n) is 6.88. The van der Waals surface area contributed by atoms with Crippen LogP contribution in [-0.4, -0.2) is 36.9 Å². The van der Waals surface area contributed by atoms with E-state index in [0.29, 0.717) is 31.5 Å². The molecule has 0 saturated heterocycles. The van der Waals surface area contributed by atoms with Gasteiger partial charge >= 0.3 is 5.97 Å². The second-order valence-corrected chi connectivity index (χ2v) is 7.08. The van der Waals surface area contributed by atoms with Gasteiger partial charge in [0, 0.05) is 13.1 Å². The van der Waals surface area contributed by atoms with Gasteiger partial charge in [0.15, 0.2) is 0 Å². The van der Waals surface area contributed by atoms with Crippen LogP contribution in [0.1, 0.15) is 36.2 Å². The molecule has 0 spiro atoms. The van der Waals surface area contributed by atoms with Gasteiger partial charge in [-0.1, -0.05) is 24.6 Å². The third-order valence-corrected chi connectivity index (χ3v) is 5.59. The number of benzene rings is 1. The van der Waals surface area contributed by atoms with E-state index in [9.17, 15) is 18.3 Å². The van der Waals surface area contributed by atoms with Crippen molar-refractivity contribution in [3.63, 3.8) is 0 Å². The summed E-state index contributed by atoms with van der Waals surface area (Å²) in [4.78, 5) is 11.3. The normalized spacial score (nSPS) is 16.6. The summed E-state index contributed by atoms with van der Waals surface area (Å²) in [6, 6.07) is 4.34. The number of carboxylic acids is 1. The van der Waals surface area contributed by atoms with Crippen LogP contribution in [0.25, 0.3) is 0 Å². The molecule has 114 valence electrons. The molecule has 0 aromatic heterocycles. The number of rotatable bonds is 4. The van der Waals surface area contributed by atoms with E-state index >= 15 is 0 Å². The predicted octanol–water partition coefficient (Wildman–Crippen LogP) is 2.29. The molecule has 0 unspecified atom stereocenters. The second kappa shape index (κ2) is 5.99. The lowest BCUT2D eigenvalue weighted by molar-refractivity contribution is 0.0695. The Morgan fingerprint density at radius 1 is 1.38 bits per heavy atom. The van der Waals surface area contributed by atoms with Crippen molar-refractivity contribution in [3.8, 4) is 0 Å². The van der Waals surface area contributed by atoms with Crippen molar-refractivity contribution in [1.29, 1.82) is 0 Å². The van der Waals surface area contributed by atoms with Gasteiger partial charge < -0.3 is 5.11 Å². The highest BCUT2D eigenvalue weighted by Gasteiger charge is 2.26. The van der Waals surface area contributed by atoms with Gasteiger partial charge in [-0.15, -0.1) is 0 Å². The van der Waals surface area contributed by atoms with Crippen molar-refractivity contribution in [2.45, 2.75) is 31.6 Å². The zero-order chi connectivity index (χ0) is 15.6. The molecule has 0 aliphatic carbocycles. The first kappa shape index (κ1) is 15.7. The molecule has 1 aromatic carbocycles. The monoisotopic (exact) mass is 309 g/mol. The number of aromatic carboxylic acids is 1. The number of carboxylic acid groups (broad SMARTS) is 1. The largest absolute Gasteiger partial charge is 0.478 e. The highest BCUT2D eigenvalue weighted by Crippen LogP contribution is 2.23. The minimum Gasteiger partial charge on any atom is -0.478 e. The Balaban J connectivity index is 2.41. The number of hydrogen-bond donors (Lipinski definition) is 1. The van der Waals surface area contributed by atoms with E-state index in [1.54, 1.807) is 6.07 Å². The predicted molar refractivity (Wildman–Crippen MR) is 79.9 cm³/mol. The van der Waals surface area contributed by atoms with E-state index in [1.165, 1.54) is 22.0 Å². The maximum absolute atomic E-state index is 12.6. The molecule has 0 radical (unpaired) electrons. The van der Waals surface area contributed by atoms with Crippen LogP contribution in [0.3, 0.4) is 0 Å². The van der Waals surface area contributed by atoms with E-state index in [2.05, 4.69) is 0 Å². The van der Waals surface area contributed by atoms with Gasteiger partial charge in [-0.2, -0.15) is 4.31 Å². The van der Waals surface area contributed by atoms with E-state index in [1.807, 2.05) is 19.9 Å². The van der Waals surface area contributed by atoms with Gasteiger partial charge in [0.1, 0.15) is 0 Å². The van der Waals surface area contributed by atoms with Gasteiger partial charge in [-0.25, -0.2) is 13.2 Å². The SMILES string of the molecule is CCc1ccc(S(=O)(=O)N2CC=C(C)CC2)cc1C(=O)O. The van der Waals surface area contributed by atoms with Gasteiger partial charge in [0.05, 0.1) is 10.5 Å². The summed E-state index contributed by atoms with van der Waals surface area (Å²) in [6.07, 6.45) is 3.14. The average molecular weight is 309 g/mol. The maximum atomic E-state index is 12.6. The summed E-state index contributed by atoms with van der Waals surface area (Å²) in [7, 11) is -3.64. The fourth-order valence-electron chi connectivity index (χ4n) is 2.34. The molecule has 6 heteroatoms. The molecule has 0 bridgehead atoms. The van der Waals surface area contributed by atoms with Crippen LogP contribution in [0.2, 0.25) is 0 Å². The highest BCUT2D eigenvalue weighted by atomic mass is 32.2. The van der Waals surface area contributed by atoms with Crippen molar-refractivity contribution < 1.29 is 18.3 Å². The smallest absolute Gasteiger partial charge is 0.336 e. The molecule has 1 aliphatic heterocycles. The number of nitrogens with zero attached hydrogens (tertiary/aromatic N) is 1. The summed E-state index contributed by atoms with van der Waals surface area (Å²) >= 11 is 0. The fraction of sp³-hybridized carbons (Fsp3) is 0.400. The molecule has 1 heterocycles. The first-order valence-corrected chi connectivity index (χ1v) is 8.32. The number of aryl methyl sites for hydroxylation is 1. The molecular formula is C15H19NO4S. The quantitative estimate of drug-likeness (QED) is 0.866. The number of sulfonamides is 1. The molecule has 21 heavy (non-hydrogen) atoms. The maximum Gasteiger partial charge on any atom is 0.336 e. The Bertz CT molecular complexity index is 692. The van der Waals surface area contributed by atoms with Gasteiger partial charge in [-0.05, 0) is 37.5 Å². The average Bonchev–Trinajstić information content (AvgIpc) is 2.46. The Hall–Kier alpha value is -1.66. The van der Waals surface area contributed by atoms with Crippen molar-refractivity contribution in [2.75, 3.05) is 13.1 Å². The van der Waals surface area contributed by atoms with Crippen molar-refractivity contribution in [3.05, 3.63) is 41.0 Å². The van der Waals surface area contributed by atoms with Crippen LogP contribution < -0.4 is 0 Å². The topological polar surface area (TPSA) is 74.7 Å². The van der Waals surface area contributed by atoms with Crippen LogP contribution in [0.4, 0.5) is 0 Å². The Morgan fingerprint density at radius 2 is 2.10 bits per heavy atom. The molecule has 0 atom stereocenters. The molecule has 0 saturated carbocycles. The zero-order valence-corrected chi connectivity index (χ0v) is 13.0. The van der Waals surface area contributed by atoms with Crippen molar-refractivity contribution >= 4 is 16.0 Å². The van der Waals surface area contributed by atoms with Crippen molar-refractivity contribution in [1.82, 2.24) is 4.31 Å². The third-order valence-electron chi connectivity index (χ3n) is 3.73. The summed E-state index contributed by atoms with van der Waals surface area (Å²) < 4.78 is 26.5. The van der Waals surface area contributed by atoms with E-state index in [-0.39, 0.29) is 10.5 Å². The standard InChI is InChI=1S/C15H19NO4S/c1-3-12-4-5-13(10-14(12)15(17)18)21(19,20)16-8-6-11(2)7-9-16/h4-6,10H,3,7-9H2,1-2H3,(H,17,18). The first-order chi connectivity index (χ1) is 9.86. The Morgan fingerprint density at radius 3 is 2.62 bits per heavy atom. The minimum atomic E-state index is -3.64. The van der Waals surface area contributed by atoms with Gasteiger partial charge in [0.25, 0.3) is 0 Å². The molecule has 5 nitrogen and oxygen atoms in total. The van der Waals surface area contributed by atoms with E-state index in [0.717, 1.165) is 0 Å². The summed E-state index contributed by atoms with van der Waals surface area (Å²) in [6.45, 7) is 4.59. The minimum absolute atomic E-state index is 0.0463. The molecule has 1 aromatic rings. The second-order valence-electron chi connectivity index (χ2n) is 5.14. The van der Waals surface area contributed by atoms with Crippen LogP contribution in [0.15, 0.2) is 34.7 Å². The lowest BCUT2D eigenvalue weighted by Crippen LogP contribution is -2.34. The number of carbonyl (C=O) groups is 1. The Kier molecular flexibility index (Phi) is 4.49. The molecule has 1 aliphatic rings. The van der Waals surface area contributed by atoms with Crippen LogP contribution >= 0.6 is 0 Å². The summed E-state index contributed by atoms with van der Waals surface area (Å²) in [5.41, 5.74) is 1.87. The zero-order valence-electron chi connectivity index (χ0n) is 12.2. The highest BCUT2D eigenvalue weighted by molar-refractivity contribution is 7.89. The van der Waals surface area contributed by atoms with E-state index < -0.39 is 16.0 Å². The van der Waals surface area contributed by atoms with E-state index in [4.69, 9.17) is 0 Å². The van der Waals surface area contributed by atoms with Gasteiger partial charge in [0.2, 0.25) is 10.0 Å². The lowest BCUT2D eigenvalue weighted by Gasteiger charge is -2.25. The fourth-order valence-corrected chi connectivity index (χ4v) is 3.75. The lowest BCUT2D eigenvalue weighted by atomic mass is 10.1. The van der Waals surface area contributed by atoms with Crippen LogP contribution in [0.5, 0.6) is 0 Å². The van der Waals surface area contributed by atoms with Crippen LogP contribution in [0, 0.1) is 0 Å². The summed E-state index contributed by atoms with van der Waals surface area (Å²) in [5.74, 6) is -1.10. The number of hydrogen-bond acceptors (Lipinski definition) is 3. The summed E-state index contributed by atoms with van der Waals surface area (Å²) in [5, 5.41) is 9.21. The molecule has 2 rings (SSSR count). The Labute approximate surface area is 124 Å². The molecule has 0 amide bonds. The molecule has 0 fully saturated rings. The molecular weight excluding hydrogens is 290 g/mol.